The van der Waals surface area contributed by atoms with Gasteiger partial charge in [-0.05, 0) is 22.0 Å². The molecule has 1 aromatic carbocycles. The Morgan fingerprint density at radius 2 is 2.40 bits per heavy atom. The maximum absolute atomic E-state index is 13.7. The summed E-state index contributed by atoms with van der Waals surface area (Å²) in [6, 6.07) is 1.59. The van der Waals surface area contributed by atoms with E-state index in [9.17, 15) is 4.39 Å². The highest BCUT2D eigenvalue weighted by atomic mass is 79.9. The van der Waals surface area contributed by atoms with Gasteiger partial charge in [0.2, 0.25) is 6.79 Å². The highest BCUT2D eigenvalue weighted by molar-refractivity contribution is 9.10. The minimum absolute atomic E-state index is 0.120. The minimum Gasteiger partial charge on any atom is -0.454 e. The molecule has 4 nitrogen and oxygen atoms in total. The zero-order valence-electron chi connectivity index (χ0n) is 7.97. The van der Waals surface area contributed by atoms with Gasteiger partial charge in [-0.3, -0.25) is 0 Å². The van der Waals surface area contributed by atoms with Gasteiger partial charge in [0.05, 0.1) is 11.6 Å². The zero-order chi connectivity index (χ0) is 10.8. The molecule has 0 spiro atoms. The van der Waals surface area contributed by atoms with E-state index in [1.54, 1.807) is 6.07 Å². The first-order valence-corrected chi connectivity index (χ1v) is 5.05. The number of rotatable bonds is 3. The lowest BCUT2D eigenvalue weighted by atomic mass is 10.2. The summed E-state index contributed by atoms with van der Waals surface area (Å²) in [7, 11) is 1.47. The highest BCUT2D eigenvalue weighted by Crippen LogP contribution is 2.42. The van der Waals surface area contributed by atoms with Gasteiger partial charge >= 0.3 is 0 Å². The standard InChI is InChI=1S/C9H9BrFNO3/c1-13-12-3-5-2-6-9(15-4-14-6)7(10)8(5)11/h2,12H,3-4H2,1H3. The first-order valence-electron chi connectivity index (χ1n) is 4.26. The van der Waals surface area contributed by atoms with E-state index in [0.717, 1.165) is 0 Å². The third-order valence-corrected chi connectivity index (χ3v) is 2.74. The van der Waals surface area contributed by atoms with Crippen LogP contribution in [0.4, 0.5) is 4.39 Å². The number of fused-ring (bicyclic) bond motifs is 1. The van der Waals surface area contributed by atoms with Gasteiger partial charge in [0.1, 0.15) is 5.82 Å². The van der Waals surface area contributed by atoms with Crippen molar-refractivity contribution in [2.45, 2.75) is 6.54 Å². The second kappa shape index (κ2) is 4.34. The predicted octanol–water partition coefficient (Wildman–Crippen LogP) is 1.97. The normalized spacial score (nSPS) is 13.3. The molecule has 0 radical (unpaired) electrons. The molecule has 0 aromatic heterocycles. The molecule has 0 saturated heterocycles. The lowest BCUT2D eigenvalue weighted by Gasteiger charge is -2.07. The van der Waals surface area contributed by atoms with Crippen molar-refractivity contribution < 1.29 is 18.7 Å². The Morgan fingerprint density at radius 3 is 3.13 bits per heavy atom. The number of halogens is 2. The summed E-state index contributed by atoms with van der Waals surface area (Å²) >= 11 is 3.13. The molecule has 6 heteroatoms. The SMILES string of the molecule is CONCc1cc2c(c(Br)c1F)OCO2. The van der Waals surface area contributed by atoms with E-state index in [0.29, 0.717) is 17.1 Å². The van der Waals surface area contributed by atoms with Crippen LogP contribution >= 0.6 is 15.9 Å². The third-order valence-electron chi connectivity index (χ3n) is 2.03. The zero-order valence-corrected chi connectivity index (χ0v) is 9.56. The number of hydrogen-bond acceptors (Lipinski definition) is 4. The molecule has 1 aromatic rings. The Bertz CT molecular complexity index is 386. The lowest BCUT2D eigenvalue weighted by molar-refractivity contribution is 0.0858. The van der Waals surface area contributed by atoms with Crippen molar-refractivity contribution in [3.8, 4) is 11.5 Å². The third kappa shape index (κ3) is 1.92. The Labute approximate surface area is 94.4 Å². The quantitative estimate of drug-likeness (QED) is 0.858. The average molecular weight is 278 g/mol. The second-order valence-electron chi connectivity index (χ2n) is 2.92. The predicted molar refractivity (Wildman–Crippen MR) is 54.1 cm³/mol. The largest absolute Gasteiger partial charge is 0.454 e. The molecular weight excluding hydrogens is 269 g/mol. The van der Waals surface area contributed by atoms with Crippen molar-refractivity contribution in [2.75, 3.05) is 13.9 Å². The average Bonchev–Trinajstić information content (AvgIpc) is 2.69. The first-order chi connectivity index (χ1) is 7.24. The summed E-state index contributed by atoms with van der Waals surface area (Å²) in [6.07, 6.45) is 0. The monoisotopic (exact) mass is 277 g/mol. The molecule has 1 aliphatic rings. The van der Waals surface area contributed by atoms with Gasteiger partial charge < -0.3 is 14.3 Å². The van der Waals surface area contributed by atoms with Crippen LogP contribution in [0.5, 0.6) is 11.5 Å². The molecular formula is C9H9BrFNO3. The fourth-order valence-corrected chi connectivity index (χ4v) is 1.87. The van der Waals surface area contributed by atoms with Crippen molar-refractivity contribution in [3.05, 3.63) is 21.9 Å². The van der Waals surface area contributed by atoms with Gasteiger partial charge in [0.15, 0.2) is 11.5 Å². The molecule has 1 heterocycles. The molecule has 0 aliphatic carbocycles. The Balaban J connectivity index is 2.36. The van der Waals surface area contributed by atoms with Crippen LogP contribution < -0.4 is 15.0 Å². The highest BCUT2D eigenvalue weighted by Gasteiger charge is 2.22. The van der Waals surface area contributed by atoms with Crippen LogP contribution in [-0.2, 0) is 11.4 Å². The van der Waals surface area contributed by atoms with Crippen molar-refractivity contribution in [2.24, 2.45) is 0 Å². The van der Waals surface area contributed by atoms with Crippen molar-refractivity contribution in [1.82, 2.24) is 5.48 Å². The Hall–Kier alpha value is -0.850. The van der Waals surface area contributed by atoms with Crippen LogP contribution in [0.15, 0.2) is 10.5 Å². The van der Waals surface area contributed by atoms with E-state index in [-0.39, 0.29) is 23.6 Å². The van der Waals surface area contributed by atoms with Crippen LogP contribution in [0.25, 0.3) is 0 Å². The van der Waals surface area contributed by atoms with Gasteiger partial charge in [-0.2, -0.15) is 5.48 Å². The number of benzene rings is 1. The number of ether oxygens (including phenoxy) is 2. The molecule has 0 bridgehead atoms. The van der Waals surface area contributed by atoms with E-state index >= 15 is 0 Å². The van der Waals surface area contributed by atoms with E-state index in [1.807, 2.05) is 0 Å². The van der Waals surface area contributed by atoms with E-state index in [1.165, 1.54) is 7.11 Å². The van der Waals surface area contributed by atoms with Gasteiger partial charge in [0.25, 0.3) is 0 Å². The van der Waals surface area contributed by atoms with Crippen LogP contribution in [0.1, 0.15) is 5.56 Å². The van der Waals surface area contributed by atoms with Crippen molar-refractivity contribution in [3.63, 3.8) is 0 Å². The van der Waals surface area contributed by atoms with Crippen LogP contribution in [0.3, 0.4) is 0 Å². The molecule has 2 rings (SSSR count). The molecule has 0 unspecified atom stereocenters. The van der Waals surface area contributed by atoms with Crippen LogP contribution in [0, 0.1) is 5.82 Å². The molecule has 1 aliphatic heterocycles. The number of hydrogen-bond donors (Lipinski definition) is 1. The van der Waals surface area contributed by atoms with Crippen molar-refractivity contribution >= 4 is 15.9 Å². The fourth-order valence-electron chi connectivity index (χ4n) is 1.31. The van der Waals surface area contributed by atoms with Crippen LogP contribution in [-0.4, -0.2) is 13.9 Å². The summed E-state index contributed by atoms with van der Waals surface area (Å²) in [5, 5.41) is 0. The molecule has 15 heavy (non-hydrogen) atoms. The van der Waals surface area contributed by atoms with E-state index in [4.69, 9.17) is 9.47 Å². The molecule has 0 amide bonds. The number of hydroxylamine groups is 1. The molecule has 0 fully saturated rings. The van der Waals surface area contributed by atoms with Crippen molar-refractivity contribution in [1.29, 1.82) is 0 Å². The number of nitrogens with one attached hydrogen (secondary N) is 1. The summed E-state index contributed by atoms with van der Waals surface area (Å²) in [6.45, 7) is 0.381. The molecule has 0 atom stereocenters. The molecule has 82 valence electrons. The lowest BCUT2D eigenvalue weighted by Crippen LogP contribution is -2.12. The summed E-state index contributed by atoms with van der Waals surface area (Å²) < 4.78 is 24.3. The Kier molecular flexibility index (Phi) is 3.08. The molecule has 0 saturated carbocycles. The summed E-state index contributed by atoms with van der Waals surface area (Å²) in [5.74, 6) is 0.577. The van der Waals surface area contributed by atoms with Gasteiger partial charge in [-0.1, -0.05) is 0 Å². The van der Waals surface area contributed by atoms with E-state index in [2.05, 4.69) is 26.2 Å². The van der Waals surface area contributed by atoms with Crippen LogP contribution in [0.2, 0.25) is 0 Å². The topological polar surface area (TPSA) is 39.7 Å². The summed E-state index contributed by atoms with van der Waals surface area (Å²) in [5.41, 5.74) is 3.02. The molecule has 1 N–H and O–H groups in total. The minimum atomic E-state index is -0.371. The second-order valence-corrected chi connectivity index (χ2v) is 3.72. The maximum atomic E-state index is 13.7. The van der Waals surface area contributed by atoms with Gasteiger partial charge in [-0.25, -0.2) is 4.39 Å². The van der Waals surface area contributed by atoms with E-state index < -0.39 is 0 Å². The Morgan fingerprint density at radius 1 is 1.60 bits per heavy atom. The first kappa shape index (κ1) is 10.7. The fraction of sp³-hybridized carbons (Fsp3) is 0.333. The smallest absolute Gasteiger partial charge is 0.231 e. The van der Waals surface area contributed by atoms with Gasteiger partial charge in [-0.15, -0.1) is 0 Å². The summed E-state index contributed by atoms with van der Waals surface area (Å²) in [4.78, 5) is 4.66. The maximum Gasteiger partial charge on any atom is 0.231 e. The van der Waals surface area contributed by atoms with Gasteiger partial charge in [0, 0.05) is 12.1 Å².